The molecule has 0 aliphatic heterocycles. The first-order chi connectivity index (χ1) is 8.68. The number of anilines is 1. The summed E-state index contributed by atoms with van der Waals surface area (Å²) in [7, 11) is 1.84. The van der Waals surface area contributed by atoms with Gasteiger partial charge < -0.3 is 10.0 Å². The normalized spacial score (nSPS) is 10.1. The molecule has 0 atom stereocenters. The number of pyridine rings is 2. The average molecular weight is 243 g/mol. The lowest BCUT2D eigenvalue weighted by atomic mass is 10.2. The second-order valence-corrected chi connectivity index (χ2v) is 3.92. The van der Waals surface area contributed by atoms with E-state index in [0.29, 0.717) is 12.2 Å². The molecule has 92 valence electrons. The molecular weight excluding hydrogens is 230 g/mol. The van der Waals surface area contributed by atoms with E-state index >= 15 is 0 Å². The van der Waals surface area contributed by atoms with Crippen LogP contribution in [0.15, 0.2) is 43.0 Å². The first-order valence-corrected chi connectivity index (χ1v) is 5.46. The molecule has 0 fully saturated rings. The molecule has 0 aromatic carbocycles. The molecule has 2 aromatic rings. The van der Waals surface area contributed by atoms with E-state index in [-0.39, 0.29) is 5.56 Å². The largest absolute Gasteiger partial charge is 0.478 e. The maximum atomic E-state index is 11.1. The van der Waals surface area contributed by atoms with Gasteiger partial charge in [-0.25, -0.2) is 4.79 Å². The molecule has 0 amide bonds. The van der Waals surface area contributed by atoms with Gasteiger partial charge in [0.25, 0.3) is 0 Å². The second kappa shape index (κ2) is 5.27. The van der Waals surface area contributed by atoms with Crippen molar-refractivity contribution < 1.29 is 9.90 Å². The minimum Gasteiger partial charge on any atom is -0.478 e. The van der Waals surface area contributed by atoms with Gasteiger partial charge in [0.15, 0.2) is 0 Å². The zero-order valence-corrected chi connectivity index (χ0v) is 9.95. The van der Waals surface area contributed by atoms with Gasteiger partial charge in [-0.1, -0.05) is 6.07 Å². The molecular formula is C13H13N3O2. The van der Waals surface area contributed by atoms with Gasteiger partial charge in [0.2, 0.25) is 0 Å². The third kappa shape index (κ3) is 2.63. The third-order valence-corrected chi connectivity index (χ3v) is 2.58. The predicted molar refractivity (Wildman–Crippen MR) is 67.5 cm³/mol. The molecule has 0 unspecified atom stereocenters. The van der Waals surface area contributed by atoms with E-state index in [2.05, 4.69) is 9.97 Å². The quantitative estimate of drug-likeness (QED) is 0.887. The van der Waals surface area contributed by atoms with Crippen LogP contribution in [0.3, 0.4) is 0 Å². The summed E-state index contributed by atoms with van der Waals surface area (Å²) in [5, 5.41) is 9.10. The van der Waals surface area contributed by atoms with Crippen molar-refractivity contribution in [3.05, 3.63) is 54.1 Å². The van der Waals surface area contributed by atoms with Crippen LogP contribution in [0.25, 0.3) is 0 Å². The molecule has 0 radical (unpaired) electrons. The van der Waals surface area contributed by atoms with Crippen LogP contribution in [-0.2, 0) is 6.54 Å². The molecule has 0 aliphatic carbocycles. The number of carboxylic acids is 1. The van der Waals surface area contributed by atoms with E-state index in [1.54, 1.807) is 24.7 Å². The van der Waals surface area contributed by atoms with E-state index in [1.165, 1.54) is 6.20 Å². The van der Waals surface area contributed by atoms with Crippen molar-refractivity contribution in [1.29, 1.82) is 0 Å². The Morgan fingerprint density at radius 3 is 2.72 bits per heavy atom. The fourth-order valence-electron chi connectivity index (χ4n) is 1.74. The van der Waals surface area contributed by atoms with Gasteiger partial charge in [0.05, 0.1) is 5.69 Å². The minimum absolute atomic E-state index is 0.198. The molecule has 18 heavy (non-hydrogen) atoms. The number of hydrogen-bond acceptors (Lipinski definition) is 4. The van der Waals surface area contributed by atoms with Crippen LogP contribution in [-0.4, -0.2) is 28.1 Å². The summed E-state index contributed by atoms with van der Waals surface area (Å²) in [6, 6.07) is 5.50. The Morgan fingerprint density at radius 1 is 1.28 bits per heavy atom. The fraction of sp³-hybridized carbons (Fsp3) is 0.154. The molecule has 1 N–H and O–H groups in total. The Labute approximate surface area is 105 Å². The van der Waals surface area contributed by atoms with Crippen LogP contribution >= 0.6 is 0 Å². The van der Waals surface area contributed by atoms with Gasteiger partial charge in [-0.2, -0.15) is 0 Å². The number of rotatable bonds is 4. The van der Waals surface area contributed by atoms with E-state index in [4.69, 9.17) is 5.11 Å². The highest BCUT2D eigenvalue weighted by Crippen LogP contribution is 2.19. The summed E-state index contributed by atoms with van der Waals surface area (Å²) in [6.07, 6.45) is 6.41. The van der Waals surface area contributed by atoms with Crippen molar-refractivity contribution in [2.75, 3.05) is 11.9 Å². The molecule has 0 spiro atoms. The Hall–Kier alpha value is -2.43. The maximum Gasteiger partial charge on any atom is 0.339 e. The van der Waals surface area contributed by atoms with Crippen LogP contribution in [0.1, 0.15) is 15.9 Å². The molecule has 0 bridgehead atoms. The van der Waals surface area contributed by atoms with Crippen LogP contribution in [0.5, 0.6) is 0 Å². The van der Waals surface area contributed by atoms with Gasteiger partial charge in [-0.05, 0) is 17.7 Å². The Balaban J connectivity index is 2.24. The van der Waals surface area contributed by atoms with Crippen molar-refractivity contribution in [3.8, 4) is 0 Å². The predicted octanol–water partition coefficient (Wildman–Crippen LogP) is 1.81. The van der Waals surface area contributed by atoms with Crippen LogP contribution in [0.2, 0.25) is 0 Å². The minimum atomic E-state index is -0.976. The summed E-state index contributed by atoms with van der Waals surface area (Å²) >= 11 is 0. The van der Waals surface area contributed by atoms with E-state index in [1.807, 2.05) is 24.1 Å². The van der Waals surface area contributed by atoms with E-state index in [0.717, 1.165) is 5.56 Å². The van der Waals surface area contributed by atoms with E-state index < -0.39 is 5.97 Å². The van der Waals surface area contributed by atoms with Gasteiger partial charge in [0, 0.05) is 38.4 Å². The lowest BCUT2D eigenvalue weighted by Gasteiger charge is -2.20. The first kappa shape index (κ1) is 12.0. The van der Waals surface area contributed by atoms with Gasteiger partial charge >= 0.3 is 5.97 Å². The number of carboxylic acid groups (broad SMARTS) is 1. The van der Waals surface area contributed by atoms with Crippen molar-refractivity contribution in [3.63, 3.8) is 0 Å². The van der Waals surface area contributed by atoms with Crippen LogP contribution in [0.4, 0.5) is 5.69 Å². The molecule has 5 heteroatoms. The van der Waals surface area contributed by atoms with Crippen LogP contribution < -0.4 is 4.90 Å². The fourth-order valence-corrected chi connectivity index (χ4v) is 1.74. The molecule has 2 aromatic heterocycles. The molecule has 2 heterocycles. The van der Waals surface area contributed by atoms with E-state index in [9.17, 15) is 4.79 Å². The zero-order valence-electron chi connectivity index (χ0n) is 9.95. The number of aromatic carboxylic acids is 1. The molecule has 0 aliphatic rings. The third-order valence-electron chi connectivity index (χ3n) is 2.58. The Kier molecular flexibility index (Phi) is 3.52. The SMILES string of the molecule is CN(Cc1cccnc1)c1ccncc1C(=O)O. The Bertz CT molecular complexity index is 543. The summed E-state index contributed by atoms with van der Waals surface area (Å²) in [5.74, 6) is -0.976. The van der Waals surface area contributed by atoms with Crippen molar-refractivity contribution in [2.45, 2.75) is 6.54 Å². The number of hydrogen-bond donors (Lipinski definition) is 1. The first-order valence-electron chi connectivity index (χ1n) is 5.46. The highest BCUT2D eigenvalue weighted by Gasteiger charge is 2.13. The molecule has 0 saturated carbocycles. The van der Waals surface area contributed by atoms with Crippen LogP contribution in [0, 0.1) is 0 Å². The number of nitrogens with zero attached hydrogens (tertiary/aromatic N) is 3. The highest BCUT2D eigenvalue weighted by molar-refractivity contribution is 5.93. The van der Waals surface area contributed by atoms with Crippen molar-refractivity contribution >= 4 is 11.7 Å². The van der Waals surface area contributed by atoms with Gasteiger partial charge in [-0.15, -0.1) is 0 Å². The lowest BCUT2D eigenvalue weighted by Crippen LogP contribution is -2.19. The summed E-state index contributed by atoms with van der Waals surface area (Å²) in [4.78, 5) is 20.8. The zero-order chi connectivity index (χ0) is 13.0. The maximum absolute atomic E-state index is 11.1. The highest BCUT2D eigenvalue weighted by atomic mass is 16.4. The summed E-state index contributed by atoms with van der Waals surface area (Å²) < 4.78 is 0. The average Bonchev–Trinajstić information content (AvgIpc) is 2.40. The topological polar surface area (TPSA) is 66.3 Å². The van der Waals surface area contributed by atoms with Gasteiger partial charge in [0.1, 0.15) is 5.56 Å². The lowest BCUT2D eigenvalue weighted by molar-refractivity contribution is 0.0697. The molecule has 2 rings (SSSR count). The summed E-state index contributed by atoms with van der Waals surface area (Å²) in [6.45, 7) is 0.595. The molecule has 0 saturated heterocycles. The summed E-state index contributed by atoms with van der Waals surface area (Å²) in [5.41, 5.74) is 1.86. The van der Waals surface area contributed by atoms with Crippen molar-refractivity contribution in [2.24, 2.45) is 0 Å². The van der Waals surface area contributed by atoms with Crippen molar-refractivity contribution in [1.82, 2.24) is 9.97 Å². The second-order valence-electron chi connectivity index (χ2n) is 3.92. The Morgan fingerprint density at radius 2 is 2.06 bits per heavy atom. The monoisotopic (exact) mass is 243 g/mol. The standard InChI is InChI=1S/C13H13N3O2/c1-16(9-10-3-2-5-14-7-10)12-4-6-15-8-11(12)13(17)18/h2-8H,9H2,1H3,(H,17,18). The smallest absolute Gasteiger partial charge is 0.339 e. The number of aromatic nitrogens is 2. The number of carbonyl (C=O) groups is 1. The molecule has 5 nitrogen and oxygen atoms in total. The van der Waals surface area contributed by atoms with Gasteiger partial charge in [-0.3, -0.25) is 9.97 Å².